The highest BCUT2D eigenvalue weighted by molar-refractivity contribution is 5.98. The molecule has 0 aliphatic carbocycles. The van der Waals surface area contributed by atoms with Gasteiger partial charge in [0.1, 0.15) is 11.9 Å². The summed E-state index contributed by atoms with van der Waals surface area (Å²) in [6.45, 7) is 11.7. The summed E-state index contributed by atoms with van der Waals surface area (Å²) in [4.78, 5) is 22.6. The Bertz CT molecular complexity index is 1430. The molecule has 3 saturated heterocycles. The van der Waals surface area contributed by atoms with Crippen LogP contribution in [0.25, 0.3) is 10.9 Å². The van der Waals surface area contributed by atoms with Gasteiger partial charge in [0.15, 0.2) is 0 Å². The topological polar surface area (TPSA) is 66.9 Å². The molecule has 0 spiro atoms. The van der Waals surface area contributed by atoms with E-state index in [-0.39, 0.29) is 17.4 Å². The van der Waals surface area contributed by atoms with Crippen molar-refractivity contribution in [2.45, 2.75) is 70.7 Å². The molecule has 2 aromatic carbocycles. The zero-order valence-electron chi connectivity index (χ0n) is 24.4. The number of nitrogens with zero attached hydrogens (tertiary/aromatic N) is 3. The lowest BCUT2D eigenvalue weighted by Gasteiger charge is -2.38. The molecular weight excluding hydrogens is 512 g/mol. The molecule has 5 heterocycles. The molecule has 4 aliphatic heterocycles. The minimum atomic E-state index is 0.109. The Morgan fingerprint density at radius 3 is 2.88 bits per heavy atom. The fraction of sp³-hybridized carbons (Fsp3) is 0.529. The Labute approximate surface area is 243 Å². The summed E-state index contributed by atoms with van der Waals surface area (Å²) in [6, 6.07) is 17.5. The van der Waals surface area contributed by atoms with E-state index in [1.54, 1.807) is 0 Å². The number of amides is 1. The first kappa shape index (κ1) is 26.9. The minimum Gasteiger partial charge on any atom is -0.489 e. The smallest absolute Gasteiger partial charge is 0.254 e. The van der Waals surface area contributed by atoms with E-state index in [1.807, 2.05) is 17.0 Å². The van der Waals surface area contributed by atoms with E-state index in [0.29, 0.717) is 18.5 Å². The second kappa shape index (κ2) is 11.0. The summed E-state index contributed by atoms with van der Waals surface area (Å²) in [5, 5.41) is 4.64. The first-order chi connectivity index (χ1) is 19.9. The number of piperidine rings is 1. The fourth-order valence-electron chi connectivity index (χ4n) is 7.33. The van der Waals surface area contributed by atoms with Gasteiger partial charge in [-0.05, 0) is 85.2 Å². The average molecular weight is 555 g/mol. The van der Waals surface area contributed by atoms with E-state index in [0.717, 1.165) is 94.0 Å². The van der Waals surface area contributed by atoms with E-state index >= 15 is 0 Å². The van der Waals surface area contributed by atoms with Crippen molar-refractivity contribution in [1.82, 2.24) is 20.1 Å². The maximum atomic E-state index is 13.0. The number of rotatable bonds is 6. The number of likely N-dealkylation sites (tertiary alicyclic amines) is 1. The third-order valence-electron chi connectivity index (χ3n) is 9.66. The Balaban J connectivity index is 0.965. The van der Waals surface area contributed by atoms with E-state index in [2.05, 4.69) is 60.5 Å². The van der Waals surface area contributed by atoms with Gasteiger partial charge >= 0.3 is 0 Å². The number of hydrogen-bond donors (Lipinski definition) is 1. The van der Waals surface area contributed by atoms with E-state index < -0.39 is 0 Å². The number of ether oxygens (including phenoxy) is 2. The van der Waals surface area contributed by atoms with Gasteiger partial charge in [-0.15, -0.1) is 0 Å². The Morgan fingerprint density at radius 2 is 2.02 bits per heavy atom. The Kier molecular flexibility index (Phi) is 7.21. The number of nitrogens with one attached hydrogen (secondary N) is 1. The van der Waals surface area contributed by atoms with Gasteiger partial charge in [0.2, 0.25) is 0 Å². The Hall–Kier alpha value is -3.00. The molecule has 0 radical (unpaired) electrons. The highest BCUT2D eigenvalue weighted by Crippen LogP contribution is 2.41. The first-order valence-corrected chi connectivity index (χ1v) is 15.4. The second-order valence-corrected chi connectivity index (χ2v) is 13.2. The summed E-state index contributed by atoms with van der Waals surface area (Å²) < 4.78 is 12.2. The molecule has 3 fully saturated rings. The van der Waals surface area contributed by atoms with Gasteiger partial charge in [0.25, 0.3) is 5.91 Å². The van der Waals surface area contributed by atoms with Crippen molar-refractivity contribution in [2.75, 3.05) is 39.4 Å². The second-order valence-electron chi connectivity index (χ2n) is 13.2. The number of carbonyl (C=O) groups excluding carboxylic acids is 1. The number of hydrogen-bond acceptors (Lipinski definition) is 6. The molecule has 41 heavy (non-hydrogen) atoms. The molecule has 0 saturated carbocycles. The molecular formula is C34H42N4O3. The van der Waals surface area contributed by atoms with Crippen molar-refractivity contribution in [2.24, 2.45) is 5.41 Å². The van der Waals surface area contributed by atoms with Gasteiger partial charge in [-0.3, -0.25) is 14.7 Å². The number of fused-ring (bicyclic) bond motifs is 2. The maximum Gasteiger partial charge on any atom is 0.254 e. The average Bonchev–Trinajstić information content (AvgIpc) is 3.56. The van der Waals surface area contributed by atoms with Gasteiger partial charge < -0.3 is 19.7 Å². The molecule has 3 atom stereocenters. The van der Waals surface area contributed by atoms with E-state index in [9.17, 15) is 4.79 Å². The highest BCUT2D eigenvalue weighted by atomic mass is 16.5. The van der Waals surface area contributed by atoms with E-state index in [4.69, 9.17) is 14.5 Å². The summed E-state index contributed by atoms with van der Waals surface area (Å²) >= 11 is 0. The van der Waals surface area contributed by atoms with E-state index in [1.165, 1.54) is 16.6 Å². The molecule has 4 aliphatic rings. The van der Waals surface area contributed by atoms with Crippen molar-refractivity contribution < 1.29 is 14.3 Å². The van der Waals surface area contributed by atoms with Gasteiger partial charge in [-0.2, -0.15) is 0 Å². The van der Waals surface area contributed by atoms with Gasteiger partial charge in [0, 0.05) is 67.9 Å². The first-order valence-electron chi connectivity index (χ1n) is 15.4. The molecule has 7 nitrogen and oxygen atoms in total. The molecule has 0 bridgehead atoms. The molecule has 1 N–H and O–H groups in total. The van der Waals surface area contributed by atoms with Crippen LogP contribution in [0.4, 0.5) is 0 Å². The molecule has 1 unspecified atom stereocenters. The van der Waals surface area contributed by atoms with Crippen LogP contribution in [0.1, 0.15) is 72.6 Å². The highest BCUT2D eigenvalue weighted by Gasteiger charge is 2.36. The van der Waals surface area contributed by atoms with Crippen LogP contribution in [0.3, 0.4) is 0 Å². The SMILES string of the molecule is CC1(C)COCC[C@H]1c1ccc2cc(CN3CC[C@H](Oc4ccc5c(c4)CN(C4CCCNC4)C5=O)C3)ccc2n1. The summed E-state index contributed by atoms with van der Waals surface area (Å²) in [5.41, 5.74) is 5.62. The molecule has 1 amide bonds. The number of carbonyl (C=O) groups is 1. The third kappa shape index (κ3) is 5.47. The van der Waals surface area contributed by atoms with Crippen molar-refractivity contribution in [3.63, 3.8) is 0 Å². The van der Waals surface area contributed by atoms with Gasteiger partial charge in [-0.1, -0.05) is 26.0 Å². The summed E-state index contributed by atoms with van der Waals surface area (Å²) in [6.07, 6.45) is 4.41. The van der Waals surface area contributed by atoms with Crippen LogP contribution < -0.4 is 10.1 Å². The minimum absolute atomic E-state index is 0.109. The van der Waals surface area contributed by atoms with Crippen LogP contribution in [0, 0.1) is 5.41 Å². The van der Waals surface area contributed by atoms with Crippen LogP contribution in [-0.4, -0.2) is 72.2 Å². The monoisotopic (exact) mass is 554 g/mol. The lowest BCUT2D eigenvalue weighted by atomic mass is 9.74. The van der Waals surface area contributed by atoms with Crippen LogP contribution >= 0.6 is 0 Å². The third-order valence-corrected chi connectivity index (χ3v) is 9.66. The predicted octanol–water partition coefficient (Wildman–Crippen LogP) is 5.13. The van der Waals surface area contributed by atoms with Crippen molar-refractivity contribution in [3.05, 3.63) is 70.9 Å². The normalized spacial score (nSPS) is 26.4. The Morgan fingerprint density at radius 1 is 1.10 bits per heavy atom. The largest absolute Gasteiger partial charge is 0.489 e. The van der Waals surface area contributed by atoms with Crippen molar-refractivity contribution in [3.8, 4) is 5.75 Å². The number of pyridine rings is 1. The maximum absolute atomic E-state index is 13.0. The molecule has 216 valence electrons. The molecule has 7 rings (SSSR count). The summed E-state index contributed by atoms with van der Waals surface area (Å²) in [7, 11) is 0. The lowest BCUT2D eigenvalue weighted by Crippen LogP contribution is -2.46. The molecule has 7 heteroatoms. The van der Waals surface area contributed by atoms with Crippen molar-refractivity contribution >= 4 is 16.8 Å². The summed E-state index contributed by atoms with van der Waals surface area (Å²) in [5.74, 6) is 1.48. The van der Waals surface area contributed by atoms with Gasteiger partial charge in [-0.25, -0.2) is 0 Å². The number of aromatic nitrogens is 1. The zero-order valence-corrected chi connectivity index (χ0v) is 24.4. The van der Waals surface area contributed by atoms with Crippen LogP contribution in [0.2, 0.25) is 0 Å². The van der Waals surface area contributed by atoms with Crippen LogP contribution in [-0.2, 0) is 17.8 Å². The zero-order chi connectivity index (χ0) is 28.0. The fourth-order valence-corrected chi connectivity index (χ4v) is 7.33. The van der Waals surface area contributed by atoms with Crippen molar-refractivity contribution in [1.29, 1.82) is 0 Å². The predicted molar refractivity (Wildman–Crippen MR) is 160 cm³/mol. The standard InChI is InChI=1S/C34H42N4O3/c1-34(2)22-40-15-12-30(34)32-10-6-24-16-23(5-9-31(24)36-32)19-37-14-11-28(21-37)41-27-7-8-29-25(17-27)20-38(33(29)39)26-4-3-13-35-18-26/h5-10,16-17,26,28,30,35H,3-4,11-15,18-22H2,1-2H3/t26?,28-,30-/m0/s1. The quantitative estimate of drug-likeness (QED) is 0.456. The van der Waals surface area contributed by atoms with Crippen LogP contribution in [0.15, 0.2) is 48.5 Å². The molecule has 1 aromatic heterocycles. The van der Waals surface area contributed by atoms with Gasteiger partial charge in [0.05, 0.1) is 12.1 Å². The van der Waals surface area contributed by atoms with Crippen LogP contribution in [0.5, 0.6) is 5.75 Å². The number of benzene rings is 2. The lowest BCUT2D eigenvalue weighted by molar-refractivity contribution is -0.00552. The molecule has 3 aromatic rings.